The highest BCUT2D eigenvalue weighted by Crippen LogP contribution is 2.29. The van der Waals surface area contributed by atoms with E-state index in [0.717, 1.165) is 16.8 Å². The predicted molar refractivity (Wildman–Crippen MR) is 61.1 cm³/mol. The summed E-state index contributed by atoms with van der Waals surface area (Å²) in [6.45, 7) is 1.90. The van der Waals surface area contributed by atoms with Gasteiger partial charge in [-0.05, 0) is 24.6 Å². The van der Waals surface area contributed by atoms with Crippen molar-refractivity contribution in [1.29, 1.82) is 0 Å². The number of nitrogens with one attached hydrogen (secondary N) is 1. The van der Waals surface area contributed by atoms with Gasteiger partial charge in [0.15, 0.2) is 0 Å². The molecule has 0 bridgehead atoms. The first kappa shape index (κ1) is 9.62. The molecule has 1 amide bonds. The van der Waals surface area contributed by atoms with E-state index in [2.05, 4.69) is 5.32 Å². The summed E-state index contributed by atoms with van der Waals surface area (Å²) in [4.78, 5) is 11.9. The molecule has 1 aromatic carbocycles. The van der Waals surface area contributed by atoms with Crippen LogP contribution in [0.5, 0.6) is 0 Å². The Hall–Kier alpha value is -0.930. The fraction of sp³-hybridized carbons (Fsp3) is 0.200. The Morgan fingerprint density at radius 2 is 2.21 bits per heavy atom. The fourth-order valence-corrected chi connectivity index (χ4v) is 2.12. The van der Waals surface area contributed by atoms with Gasteiger partial charge < -0.3 is 5.32 Å². The van der Waals surface area contributed by atoms with Crippen LogP contribution in [0.1, 0.15) is 17.5 Å². The van der Waals surface area contributed by atoms with Crippen molar-refractivity contribution in [3.63, 3.8) is 0 Å². The van der Waals surface area contributed by atoms with E-state index in [-0.39, 0.29) is 12.3 Å². The number of fused-ring (bicyclic) bond motifs is 1. The maximum atomic E-state index is 11.2. The normalized spacial score (nSPS) is 15.0. The number of hydrogen-bond donors (Lipinski definition) is 1. The molecule has 0 unspecified atom stereocenters. The number of benzene rings is 1. The van der Waals surface area contributed by atoms with Crippen molar-refractivity contribution in [2.24, 2.45) is 0 Å². The van der Waals surface area contributed by atoms with Crippen LogP contribution in [-0.2, 0) is 4.79 Å². The van der Waals surface area contributed by atoms with Crippen LogP contribution < -0.4 is 5.32 Å². The van der Waals surface area contributed by atoms with E-state index in [0.29, 0.717) is 9.89 Å². The lowest BCUT2D eigenvalue weighted by atomic mass is 9.99. The molecule has 0 saturated carbocycles. The third-order valence-corrected chi connectivity index (χ3v) is 2.77. The summed E-state index contributed by atoms with van der Waals surface area (Å²) < 4.78 is 0. The van der Waals surface area contributed by atoms with E-state index in [1.165, 1.54) is 0 Å². The monoisotopic (exact) mass is 225 g/mol. The van der Waals surface area contributed by atoms with Gasteiger partial charge in [-0.3, -0.25) is 4.79 Å². The summed E-state index contributed by atoms with van der Waals surface area (Å²) in [7, 11) is 0. The minimum Gasteiger partial charge on any atom is -0.325 e. The Balaban J connectivity index is 2.64. The highest BCUT2D eigenvalue weighted by atomic mass is 35.5. The first-order valence-electron chi connectivity index (χ1n) is 4.21. The first-order valence-corrected chi connectivity index (χ1v) is 5.00. The van der Waals surface area contributed by atoms with E-state index < -0.39 is 0 Å². The summed E-state index contributed by atoms with van der Waals surface area (Å²) in [5.74, 6) is -0.0482. The standard InChI is InChI=1S/C10H8ClNOS/c1-5-2-6(11)3-7-8(14)4-9(13)12-10(5)7/h2-3H,4H2,1H3,(H,12,13). The minimum absolute atomic E-state index is 0.0482. The van der Waals surface area contributed by atoms with E-state index in [9.17, 15) is 4.79 Å². The van der Waals surface area contributed by atoms with Crippen molar-refractivity contribution in [3.05, 3.63) is 28.3 Å². The molecule has 0 aliphatic carbocycles. The summed E-state index contributed by atoms with van der Waals surface area (Å²) in [5.41, 5.74) is 2.63. The topological polar surface area (TPSA) is 29.1 Å². The molecular formula is C10H8ClNOS. The lowest BCUT2D eigenvalue weighted by Gasteiger charge is -2.19. The van der Waals surface area contributed by atoms with Gasteiger partial charge in [-0.2, -0.15) is 0 Å². The molecule has 0 atom stereocenters. The first-order chi connectivity index (χ1) is 6.58. The van der Waals surface area contributed by atoms with Crippen LogP contribution in [0.4, 0.5) is 5.69 Å². The van der Waals surface area contributed by atoms with Crippen molar-refractivity contribution >= 4 is 40.3 Å². The van der Waals surface area contributed by atoms with Crippen molar-refractivity contribution in [1.82, 2.24) is 0 Å². The van der Waals surface area contributed by atoms with Gasteiger partial charge in [0.05, 0.1) is 12.1 Å². The van der Waals surface area contributed by atoms with Crippen LogP contribution in [0.25, 0.3) is 0 Å². The molecule has 1 aromatic rings. The number of hydrogen-bond acceptors (Lipinski definition) is 2. The van der Waals surface area contributed by atoms with Crippen molar-refractivity contribution in [2.75, 3.05) is 5.32 Å². The van der Waals surface area contributed by atoms with Crippen LogP contribution in [0.2, 0.25) is 5.02 Å². The minimum atomic E-state index is -0.0482. The van der Waals surface area contributed by atoms with Crippen LogP contribution in [0.3, 0.4) is 0 Å². The zero-order valence-electron chi connectivity index (χ0n) is 7.56. The molecule has 0 spiro atoms. The van der Waals surface area contributed by atoms with Gasteiger partial charge in [0.2, 0.25) is 5.91 Å². The number of anilines is 1. The molecule has 14 heavy (non-hydrogen) atoms. The molecule has 1 aliphatic rings. The predicted octanol–water partition coefficient (Wildman–Crippen LogP) is 2.71. The fourth-order valence-electron chi connectivity index (χ4n) is 1.55. The highest BCUT2D eigenvalue weighted by Gasteiger charge is 2.21. The summed E-state index contributed by atoms with van der Waals surface area (Å²) >= 11 is 11.0. The lowest BCUT2D eigenvalue weighted by molar-refractivity contribution is -0.115. The van der Waals surface area contributed by atoms with E-state index >= 15 is 0 Å². The average Bonchev–Trinajstić information content (AvgIpc) is 2.07. The number of halogens is 1. The SMILES string of the molecule is Cc1cc(Cl)cc2c1NC(=O)CC2=S. The number of carbonyl (C=O) groups excluding carboxylic acids is 1. The van der Waals surface area contributed by atoms with Gasteiger partial charge in [-0.15, -0.1) is 0 Å². The molecule has 0 fully saturated rings. The van der Waals surface area contributed by atoms with Gasteiger partial charge in [-0.1, -0.05) is 23.8 Å². The quantitative estimate of drug-likeness (QED) is 0.688. The van der Waals surface area contributed by atoms with E-state index in [1.54, 1.807) is 6.07 Å². The molecule has 0 radical (unpaired) electrons. The highest BCUT2D eigenvalue weighted by molar-refractivity contribution is 7.81. The largest absolute Gasteiger partial charge is 0.325 e. The Labute approximate surface area is 92.3 Å². The second-order valence-electron chi connectivity index (χ2n) is 3.29. The maximum Gasteiger partial charge on any atom is 0.229 e. The van der Waals surface area contributed by atoms with E-state index in [4.69, 9.17) is 23.8 Å². The number of carbonyl (C=O) groups is 1. The van der Waals surface area contributed by atoms with Gasteiger partial charge in [0.25, 0.3) is 0 Å². The molecule has 2 nitrogen and oxygen atoms in total. The number of thiocarbonyl (C=S) groups is 1. The van der Waals surface area contributed by atoms with Crippen LogP contribution >= 0.6 is 23.8 Å². The molecule has 0 aromatic heterocycles. The second kappa shape index (κ2) is 3.33. The zero-order valence-corrected chi connectivity index (χ0v) is 9.13. The Morgan fingerprint density at radius 3 is 2.93 bits per heavy atom. The number of rotatable bonds is 0. The molecule has 1 heterocycles. The van der Waals surface area contributed by atoms with Crippen LogP contribution in [0.15, 0.2) is 12.1 Å². The zero-order chi connectivity index (χ0) is 10.3. The van der Waals surface area contributed by atoms with Gasteiger partial charge >= 0.3 is 0 Å². The van der Waals surface area contributed by atoms with Crippen molar-refractivity contribution < 1.29 is 4.79 Å². The van der Waals surface area contributed by atoms with Gasteiger partial charge in [-0.25, -0.2) is 0 Å². The van der Waals surface area contributed by atoms with Crippen LogP contribution in [0, 0.1) is 6.92 Å². The number of aryl methyl sites for hydroxylation is 1. The van der Waals surface area contributed by atoms with Gasteiger partial charge in [0.1, 0.15) is 0 Å². The summed E-state index contributed by atoms with van der Waals surface area (Å²) in [6.07, 6.45) is 0.280. The molecule has 72 valence electrons. The summed E-state index contributed by atoms with van der Waals surface area (Å²) in [5, 5.41) is 3.45. The van der Waals surface area contributed by atoms with Crippen molar-refractivity contribution in [2.45, 2.75) is 13.3 Å². The molecular weight excluding hydrogens is 218 g/mol. The van der Waals surface area contributed by atoms with Crippen molar-refractivity contribution in [3.8, 4) is 0 Å². The third-order valence-electron chi connectivity index (χ3n) is 2.19. The lowest BCUT2D eigenvalue weighted by Crippen LogP contribution is -2.24. The Morgan fingerprint density at radius 1 is 1.50 bits per heavy atom. The number of amides is 1. The molecule has 0 saturated heterocycles. The van der Waals surface area contributed by atoms with E-state index in [1.807, 2.05) is 13.0 Å². The Kier molecular flexibility index (Phi) is 2.29. The molecule has 2 rings (SSSR count). The maximum absolute atomic E-state index is 11.2. The molecule has 1 N–H and O–H groups in total. The van der Waals surface area contributed by atoms with Gasteiger partial charge in [0, 0.05) is 15.5 Å². The molecule has 1 aliphatic heterocycles. The second-order valence-corrected chi connectivity index (χ2v) is 4.22. The van der Waals surface area contributed by atoms with Crippen LogP contribution in [-0.4, -0.2) is 10.8 Å². The molecule has 4 heteroatoms. The Bertz CT molecular complexity index is 442. The smallest absolute Gasteiger partial charge is 0.229 e. The average molecular weight is 226 g/mol. The third kappa shape index (κ3) is 1.53. The summed E-state index contributed by atoms with van der Waals surface area (Å²) in [6, 6.07) is 3.61.